The van der Waals surface area contributed by atoms with Crippen LogP contribution in [-0.2, 0) is 22.9 Å². The molecule has 0 aliphatic carbocycles. The molecule has 2 aromatic carbocycles. The van der Waals surface area contributed by atoms with Crippen molar-refractivity contribution in [3.63, 3.8) is 0 Å². The van der Waals surface area contributed by atoms with E-state index in [9.17, 15) is 18.0 Å². The van der Waals surface area contributed by atoms with Crippen LogP contribution in [0.4, 0.5) is 18.9 Å². The molecule has 1 saturated heterocycles. The molecular weight excluding hydrogens is 457 g/mol. The lowest BCUT2D eigenvalue weighted by atomic mass is 9.87. The summed E-state index contributed by atoms with van der Waals surface area (Å²) in [6, 6.07) is 12.8. The topological polar surface area (TPSA) is 71.3 Å². The van der Waals surface area contributed by atoms with Gasteiger partial charge >= 0.3 is 6.18 Å². The van der Waals surface area contributed by atoms with E-state index < -0.39 is 11.7 Å². The van der Waals surface area contributed by atoms with E-state index in [1.807, 2.05) is 12.1 Å². The summed E-state index contributed by atoms with van der Waals surface area (Å²) in [5.74, 6) is 0.333. The number of rotatable bonds is 5. The predicted molar refractivity (Wildman–Crippen MR) is 127 cm³/mol. The number of anilines is 1. The summed E-state index contributed by atoms with van der Waals surface area (Å²) in [6.45, 7) is 8.09. The molecule has 1 N–H and O–H groups in total. The summed E-state index contributed by atoms with van der Waals surface area (Å²) in [4.78, 5) is 19.3. The van der Waals surface area contributed by atoms with Gasteiger partial charge in [-0.2, -0.15) is 18.2 Å². The summed E-state index contributed by atoms with van der Waals surface area (Å²) < 4.78 is 44.3. The number of amides is 1. The lowest BCUT2D eigenvalue weighted by Gasteiger charge is -2.30. The van der Waals surface area contributed by atoms with Gasteiger partial charge in [-0.25, -0.2) is 0 Å². The smallest absolute Gasteiger partial charge is 0.338 e. The molecule has 35 heavy (non-hydrogen) atoms. The largest absolute Gasteiger partial charge is 0.416 e. The minimum absolute atomic E-state index is 0.0547. The quantitative estimate of drug-likeness (QED) is 0.486. The first kappa shape index (κ1) is 24.9. The standard InChI is InChI=1S/C26H29F3N4O2/c1-25(2,3)19-11-9-17(10-12-19)23-31-22(35-32-23)16-33-13-5-6-18(15-33)24(34)30-21-8-4-7-20(14-21)26(27,28)29/h4,7-12,14,18H,5-6,13,15-16H2,1-3H3,(H,30,34). The first-order chi connectivity index (χ1) is 16.5. The number of halogens is 3. The predicted octanol–water partition coefficient (Wildman–Crippen LogP) is 5.90. The van der Waals surface area contributed by atoms with E-state index in [0.717, 1.165) is 30.7 Å². The van der Waals surface area contributed by atoms with Crippen molar-refractivity contribution < 1.29 is 22.5 Å². The molecule has 9 heteroatoms. The number of nitrogens with zero attached hydrogens (tertiary/aromatic N) is 3. The van der Waals surface area contributed by atoms with Gasteiger partial charge in [0, 0.05) is 17.8 Å². The Hall–Kier alpha value is -3.20. The number of alkyl halides is 3. The molecule has 186 valence electrons. The molecule has 1 aromatic heterocycles. The molecule has 1 fully saturated rings. The molecule has 1 atom stereocenters. The van der Waals surface area contributed by atoms with Gasteiger partial charge in [-0.3, -0.25) is 9.69 Å². The molecule has 0 saturated carbocycles. The molecule has 1 aliphatic rings. The second kappa shape index (κ2) is 9.81. The van der Waals surface area contributed by atoms with Crippen LogP contribution in [0.1, 0.15) is 50.6 Å². The fraction of sp³-hybridized carbons (Fsp3) is 0.423. The van der Waals surface area contributed by atoms with Crippen molar-refractivity contribution in [1.82, 2.24) is 15.0 Å². The van der Waals surface area contributed by atoms with E-state index in [0.29, 0.717) is 31.2 Å². The van der Waals surface area contributed by atoms with Gasteiger partial charge in [0.25, 0.3) is 0 Å². The van der Waals surface area contributed by atoms with Crippen molar-refractivity contribution in [3.8, 4) is 11.4 Å². The maximum absolute atomic E-state index is 13.0. The van der Waals surface area contributed by atoms with Crippen LogP contribution in [0.25, 0.3) is 11.4 Å². The van der Waals surface area contributed by atoms with E-state index in [1.165, 1.54) is 17.7 Å². The number of benzene rings is 2. The molecular formula is C26H29F3N4O2. The average Bonchev–Trinajstić information content (AvgIpc) is 3.27. The average molecular weight is 487 g/mol. The van der Waals surface area contributed by atoms with Crippen molar-refractivity contribution >= 4 is 11.6 Å². The number of hydrogen-bond acceptors (Lipinski definition) is 5. The van der Waals surface area contributed by atoms with Crippen molar-refractivity contribution in [2.75, 3.05) is 18.4 Å². The first-order valence-electron chi connectivity index (χ1n) is 11.6. The van der Waals surface area contributed by atoms with Gasteiger partial charge in [-0.15, -0.1) is 0 Å². The number of carbonyl (C=O) groups is 1. The summed E-state index contributed by atoms with van der Waals surface area (Å²) in [6.07, 6.45) is -3.01. The second-order valence-corrected chi connectivity index (χ2v) is 9.98. The highest BCUT2D eigenvalue weighted by Gasteiger charge is 2.31. The summed E-state index contributed by atoms with van der Waals surface area (Å²) in [5.41, 5.74) is 1.48. The second-order valence-electron chi connectivity index (χ2n) is 9.98. The highest BCUT2D eigenvalue weighted by molar-refractivity contribution is 5.92. The number of nitrogens with one attached hydrogen (secondary N) is 1. The Labute approximate surface area is 202 Å². The number of carbonyl (C=O) groups excluding carboxylic acids is 1. The first-order valence-corrected chi connectivity index (χ1v) is 11.6. The van der Waals surface area contributed by atoms with E-state index in [2.05, 4.69) is 53.3 Å². The Morgan fingerprint density at radius 3 is 2.54 bits per heavy atom. The van der Waals surface area contributed by atoms with E-state index in [1.54, 1.807) is 0 Å². The Balaban J connectivity index is 1.36. The van der Waals surface area contributed by atoms with Crippen molar-refractivity contribution in [2.45, 2.75) is 51.7 Å². The molecule has 6 nitrogen and oxygen atoms in total. The van der Waals surface area contributed by atoms with Crippen molar-refractivity contribution in [2.24, 2.45) is 5.92 Å². The Morgan fingerprint density at radius 2 is 1.86 bits per heavy atom. The lowest BCUT2D eigenvalue weighted by Crippen LogP contribution is -2.40. The fourth-order valence-corrected chi connectivity index (χ4v) is 4.18. The van der Waals surface area contributed by atoms with Gasteiger partial charge in [0.1, 0.15) is 0 Å². The molecule has 0 radical (unpaired) electrons. The van der Waals surface area contributed by atoms with E-state index >= 15 is 0 Å². The highest BCUT2D eigenvalue weighted by Crippen LogP contribution is 2.31. The number of likely N-dealkylation sites (tertiary alicyclic amines) is 1. The van der Waals surface area contributed by atoms with Crippen LogP contribution in [-0.4, -0.2) is 34.0 Å². The van der Waals surface area contributed by atoms with Crippen LogP contribution >= 0.6 is 0 Å². The molecule has 2 heterocycles. The fourth-order valence-electron chi connectivity index (χ4n) is 4.18. The summed E-state index contributed by atoms with van der Waals surface area (Å²) >= 11 is 0. The van der Waals surface area contributed by atoms with Crippen LogP contribution in [0.15, 0.2) is 53.1 Å². The third kappa shape index (κ3) is 6.28. The Kier molecular flexibility index (Phi) is 6.98. The summed E-state index contributed by atoms with van der Waals surface area (Å²) in [7, 11) is 0. The van der Waals surface area contributed by atoms with Crippen LogP contribution in [0.2, 0.25) is 0 Å². The van der Waals surface area contributed by atoms with Crippen molar-refractivity contribution in [1.29, 1.82) is 0 Å². The van der Waals surface area contributed by atoms with Gasteiger partial charge in [0.05, 0.1) is 18.0 Å². The normalized spacial score (nSPS) is 17.4. The SMILES string of the molecule is CC(C)(C)c1ccc(-c2noc(CN3CCCC(C(=O)Nc4cccc(C(F)(F)F)c4)C3)n2)cc1. The molecule has 1 amide bonds. The van der Waals surface area contributed by atoms with Gasteiger partial charge in [-0.1, -0.05) is 56.3 Å². The lowest BCUT2D eigenvalue weighted by molar-refractivity contribution is -0.137. The minimum atomic E-state index is -4.46. The van der Waals surface area contributed by atoms with E-state index in [-0.39, 0.29) is 22.9 Å². The highest BCUT2D eigenvalue weighted by atomic mass is 19.4. The number of piperidine rings is 1. The number of hydrogen-bond donors (Lipinski definition) is 1. The Bertz CT molecular complexity index is 1170. The van der Waals surface area contributed by atoms with Crippen molar-refractivity contribution in [3.05, 3.63) is 65.5 Å². The van der Waals surface area contributed by atoms with Crippen LogP contribution < -0.4 is 5.32 Å². The molecule has 3 aromatic rings. The molecule has 1 aliphatic heterocycles. The minimum Gasteiger partial charge on any atom is -0.338 e. The van der Waals surface area contributed by atoms with Gasteiger partial charge in [0.15, 0.2) is 0 Å². The maximum Gasteiger partial charge on any atom is 0.416 e. The van der Waals surface area contributed by atoms with Gasteiger partial charge < -0.3 is 9.84 Å². The zero-order chi connectivity index (χ0) is 25.2. The zero-order valence-corrected chi connectivity index (χ0v) is 20.0. The maximum atomic E-state index is 13.0. The summed E-state index contributed by atoms with van der Waals surface area (Å²) in [5, 5.41) is 6.73. The molecule has 4 rings (SSSR count). The number of aromatic nitrogens is 2. The van der Waals surface area contributed by atoms with Crippen LogP contribution in [0.3, 0.4) is 0 Å². The van der Waals surface area contributed by atoms with Gasteiger partial charge in [-0.05, 0) is 48.6 Å². The third-order valence-corrected chi connectivity index (χ3v) is 6.17. The van der Waals surface area contributed by atoms with Crippen LogP contribution in [0, 0.1) is 5.92 Å². The third-order valence-electron chi connectivity index (χ3n) is 6.17. The zero-order valence-electron chi connectivity index (χ0n) is 20.0. The van der Waals surface area contributed by atoms with E-state index in [4.69, 9.17) is 4.52 Å². The monoisotopic (exact) mass is 486 g/mol. The molecule has 0 spiro atoms. The van der Waals surface area contributed by atoms with Gasteiger partial charge in [0.2, 0.25) is 17.6 Å². The van der Waals surface area contributed by atoms with Crippen LogP contribution in [0.5, 0.6) is 0 Å². The molecule has 0 bridgehead atoms. The molecule has 1 unspecified atom stereocenters. The Morgan fingerprint density at radius 1 is 1.11 bits per heavy atom.